The Balaban J connectivity index is 1.61. The number of halogens is 1. The van der Waals surface area contributed by atoms with Crippen LogP contribution in [0.5, 0.6) is 0 Å². The van der Waals surface area contributed by atoms with E-state index in [2.05, 4.69) is 15.6 Å². The van der Waals surface area contributed by atoms with Gasteiger partial charge in [-0.05, 0) is 60.9 Å². The molecular weight excluding hydrogens is 346 g/mol. The molecule has 132 valence electrons. The normalized spacial score (nSPS) is 10.4. The highest BCUT2D eigenvalue weighted by Crippen LogP contribution is 2.17. The Hall–Kier alpha value is -2.85. The molecule has 0 spiro atoms. The second kappa shape index (κ2) is 8.02. The lowest BCUT2D eigenvalue weighted by atomic mass is 10.1. The number of carbonyl (C=O) groups is 1. The highest BCUT2D eigenvalue weighted by Gasteiger charge is 2.07. The van der Waals surface area contributed by atoms with E-state index in [4.69, 9.17) is 11.6 Å². The van der Waals surface area contributed by atoms with Gasteiger partial charge in [0.1, 0.15) is 5.82 Å². The molecule has 5 heteroatoms. The van der Waals surface area contributed by atoms with Crippen molar-refractivity contribution in [1.82, 2.24) is 4.98 Å². The van der Waals surface area contributed by atoms with Gasteiger partial charge in [-0.1, -0.05) is 35.9 Å². The van der Waals surface area contributed by atoms with Crippen molar-refractivity contribution in [2.24, 2.45) is 0 Å². The Morgan fingerprint density at radius 2 is 1.85 bits per heavy atom. The number of pyridine rings is 1. The second-order valence-corrected chi connectivity index (χ2v) is 6.54. The zero-order valence-electron chi connectivity index (χ0n) is 14.7. The topological polar surface area (TPSA) is 54.0 Å². The van der Waals surface area contributed by atoms with E-state index >= 15 is 0 Å². The maximum Gasteiger partial charge on any atom is 0.255 e. The minimum absolute atomic E-state index is 0.147. The summed E-state index contributed by atoms with van der Waals surface area (Å²) >= 11 is 6.14. The van der Waals surface area contributed by atoms with E-state index in [-0.39, 0.29) is 5.91 Å². The predicted molar refractivity (Wildman–Crippen MR) is 107 cm³/mol. The van der Waals surface area contributed by atoms with Gasteiger partial charge in [0.15, 0.2) is 0 Å². The third kappa shape index (κ3) is 4.41. The highest BCUT2D eigenvalue weighted by atomic mass is 35.5. The molecule has 4 nitrogen and oxygen atoms in total. The molecule has 2 aromatic carbocycles. The molecular formula is C21H20ClN3O. The number of aromatic nitrogens is 1. The van der Waals surface area contributed by atoms with Crippen LogP contribution in [-0.4, -0.2) is 10.9 Å². The number of nitrogens with zero attached hydrogens (tertiary/aromatic N) is 1. The number of hydrogen-bond acceptors (Lipinski definition) is 3. The first kappa shape index (κ1) is 18.0. The van der Waals surface area contributed by atoms with Gasteiger partial charge >= 0.3 is 0 Å². The lowest BCUT2D eigenvalue weighted by Gasteiger charge is -2.09. The molecule has 3 aromatic rings. The van der Waals surface area contributed by atoms with E-state index in [0.717, 1.165) is 21.7 Å². The van der Waals surface area contributed by atoms with E-state index in [1.165, 1.54) is 0 Å². The zero-order valence-corrected chi connectivity index (χ0v) is 15.5. The molecule has 0 bridgehead atoms. The van der Waals surface area contributed by atoms with E-state index in [1.54, 1.807) is 6.20 Å². The summed E-state index contributed by atoms with van der Waals surface area (Å²) in [7, 11) is 0. The average Bonchev–Trinajstić information content (AvgIpc) is 2.64. The number of nitrogens with one attached hydrogen (secondary N) is 2. The molecule has 0 aliphatic heterocycles. The maximum atomic E-state index is 12.3. The van der Waals surface area contributed by atoms with Crippen LogP contribution in [0.25, 0.3) is 0 Å². The first-order valence-corrected chi connectivity index (χ1v) is 8.72. The molecule has 0 saturated heterocycles. The molecule has 0 aliphatic rings. The number of rotatable bonds is 5. The van der Waals surface area contributed by atoms with E-state index in [9.17, 15) is 4.79 Å². The highest BCUT2D eigenvalue weighted by molar-refractivity contribution is 6.31. The Kier molecular flexibility index (Phi) is 5.54. The fraction of sp³-hybridized carbons (Fsp3) is 0.143. The van der Waals surface area contributed by atoms with Crippen molar-refractivity contribution in [3.05, 3.63) is 88.1 Å². The standard InChI is InChI=1S/C21H20ClN3O/c1-14-7-8-16(11-15(14)2)21(26)25-18-9-10-20(24-13-18)23-12-17-5-3-4-6-19(17)22/h3-11,13H,12H2,1-2H3,(H,23,24)(H,25,26). The van der Waals surface area contributed by atoms with E-state index < -0.39 is 0 Å². The lowest BCUT2D eigenvalue weighted by Crippen LogP contribution is -2.12. The summed E-state index contributed by atoms with van der Waals surface area (Å²) in [6.45, 7) is 4.60. The molecule has 0 saturated carbocycles. The van der Waals surface area contributed by atoms with Crippen LogP contribution in [0.4, 0.5) is 11.5 Å². The van der Waals surface area contributed by atoms with Crippen LogP contribution in [0, 0.1) is 13.8 Å². The SMILES string of the molecule is Cc1ccc(C(=O)Nc2ccc(NCc3ccccc3Cl)nc2)cc1C. The third-order valence-electron chi connectivity index (χ3n) is 4.21. The molecule has 1 amide bonds. The smallest absolute Gasteiger partial charge is 0.255 e. The Bertz CT molecular complexity index is 923. The van der Waals surface area contributed by atoms with Gasteiger partial charge < -0.3 is 10.6 Å². The van der Waals surface area contributed by atoms with Gasteiger partial charge in [0.05, 0.1) is 11.9 Å². The number of anilines is 2. The number of benzene rings is 2. The largest absolute Gasteiger partial charge is 0.366 e. The van der Waals surface area contributed by atoms with Gasteiger partial charge in [0.25, 0.3) is 5.91 Å². The number of amides is 1. The number of aryl methyl sites for hydroxylation is 2. The Labute approximate surface area is 158 Å². The third-order valence-corrected chi connectivity index (χ3v) is 4.58. The minimum Gasteiger partial charge on any atom is -0.366 e. The Morgan fingerprint density at radius 3 is 2.54 bits per heavy atom. The number of hydrogen-bond donors (Lipinski definition) is 2. The van der Waals surface area contributed by atoms with Gasteiger partial charge in [-0.2, -0.15) is 0 Å². The van der Waals surface area contributed by atoms with Crippen LogP contribution >= 0.6 is 11.6 Å². The summed E-state index contributed by atoms with van der Waals surface area (Å²) in [6.07, 6.45) is 1.63. The summed E-state index contributed by atoms with van der Waals surface area (Å²) in [5, 5.41) is 6.80. The van der Waals surface area contributed by atoms with Crippen molar-refractivity contribution >= 4 is 29.0 Å². The molecule has 3 rings (SSSR count). The van der Waals surface area contributed by atoms with Crippen LogP contribution in [0.2, 0.25) is 5.02 Å². The van der Waals surface area contributed by atoms with Gasteiger partial charge in [-0.25, -0.2) is 4.98 Å². The minimum atomic E-state index is -0.147. The Morgan fingerprint density at radius 1 is 1.04 bits per heavy atom. The van der Waals surface area contributed by atoms with Crippen LogP contribution in [0.1, 0.15) is 27.0 Å². The fourth-order valence-corrected chi connectivity index (χ4v) is 2.69. The number of carbonyl (C=O) groups excluding carboxylic acids is 1. The molecule has 0 radical (unpaired) electrons. The van der Waals surface area contributed by atoms with Crippen LogP contribution in [-0.2, 0) is 6.54 Å². The molecule has 1 heterocycles. The van der Waals surface area contributed by atoms with Crippen LogP contribution in [0.3, 0.4) is 0 Å². The zero-order chi connectivity index (χ0) is 18.5. The molecule has 0 unspecified atom stereocenters. The molecule has 0 aliphatic carbocycles. The first-order chi connectivity index (χ1) is 12.5. The monoisotopic (exact) mass is 365 g/mol. The summed E-state index contributed by atoms with van der Waals surface area (Å²) in [5.41, 5.74) is 4.54. The maximum absolute atomic E-state index is 12.3. The second-order valence-electron chi connectivity index (χ2n) is 6.13. The fourth-order valence-electron chi connectivity index (χ4n) is 2.49. The first-order valence-electron chi connectivity index (χ1n) is 8.35. The molecule has 0 fully saturated rings. The van der Waals surface area contributed by atoms with Gasteiger partial charge in [0.2, 0.25) is 0 Å². The van der Waals surface area contributed by atoms with Crippen molar-refractivity contribution in [3.8, 4) is 0 Å². The molecule has 2 N–H and O–H groups in total. The van der Waals surface area contributed by atoms with E-state index in [0.29, 0.717) is 23.6 Å². The van der Waals surface area contributed by atoms with Crippen LogP contribution in [0.15, 0.2) is 60.8 Å². The lowest BCUT2D eigenvalue weighted by molar-refractivity contribution is 0.102. The van der Waals surface area contributed by atoms with Crippen molar-refractivity contribution in [1.29, 1.82) is 0 Å². The van der Waals surface area contributed by atoms with Crippen molar-refractivity contribution in [3.63, 3.8) is 0 Å². The predicted octanol–water partition coefficient (Wildman–Crippen LogP) is 5.22. The van der Waals surface area contributed by atoms with Crippen molar-refractivity contribution in [2.75, 3.05) is 10.6 Å². The van der Waals surface area contributed by atoms with E-state index in [1.807, 2.05) is 68.4 Å². The summed E-state index contributed by atoms with van der Waals surface area (Å²) < 4.78 is 0. The summed E-state index contributed by atoms with van der Waals surface area (Å²) in [4.78, 5) is 16.7. The van der Waals surface area contributed by atoms with Gasteiger partial charge in [-0.3, -0.25) is 4.79 Å². The summed E-state index contributed by atoms with van der Waals surface area (Å²) in [6, 6.07) is 17.0. The van der Waals surface area contributed by atoms with Crippen molar-refractivity contribution in [2.45, 2.75) is 20.4 Å². The van der Waals surface area contributed by atoms with Crippen molar-refractivity contribution < 1.29 is 4.79 Å². The average molecular weight is 366 g/mol. The molecule has 1 aromatic heterocycles. The van der Waals surface area contributed by atoms with Crippen LogP contribution < -0.4 is 10.6 Å². The van der Waals surface area contributed by atoms with Gasteiger partial charge in [-0.15, -0.1) is 0 Å². The summed E-state index contributed by atoms with van der Waals surface area (Å²) in [5.74, 6) is 0.570. The molecule has 26 heavy (non-hydrogen) atoms. The quantitative estimate of drug-likeness (QED) is 0.652. The van der Waals surface area contributed by atoms with Gasteiger partial charge in [0, 0.05) is 17.1 Å². The molecule has 0 atom stereocenters.